The highest BCUT2D eigenvalue weighted by Gasteiger charge is 2.17. The number of hydrogen-bond donors (Lipinski definition) is 0. The summed E-state index contributed by atoms with van der Waals surface area (Å²) >= 11 is 3.29. The van der Waals surface area contributed by atoms with Crippen molar-refractivity contribution in [1.29, 1.82) is 0 Å². The molecule has 0 spiro atoms. The number of ether oxygens (including phenoxy) is 1. The first-order chi connectivity index (χ1) is 7.25. The van der Waals surface area contributed by atoms with Gasteiger partial charge >= 0.3 is 0 Å². The summed E-state index contributed by atoms with van der Waals surface area (Å²) in [7, 11) is 0. The third-order valence-electron chi connectivity index (χ3n) is 2.26. The number of carbonyl (C=O) groups excluding carboxylic acids is 1. The van der Waals surface area contributed by atoms with Crippen molar-refractivity contribution < 1.29 is 9.53 Å². The quantitative estimate of drug-likeness (QED) is 0.789. The Labute approximate surface area is 96.1 Å². The summed E-state index contributed by atoms with van der Waals surface area (Å²) in [6.07, 6.45) is 3.46. The van der Waals surface area contributed by atoms with Crippen LogP contribution in [0.15, 0.2) is 16.9 Å². The van der Waals surface area contributed by atoms with Crippen LogP contribution in [0.5, 0.6) is 0 Å². The van der Waals surface area contributed by atoms with Gasteiger partial charge in [-0.3, -0.25) is 9.48 Å². The molecule has 0 aliphatic carbocycles. The van der Waals surface area contributed by atoms with E-state index >= 15 is 0 Å². The molecule has 2 heterocycles. The topological polar surface area (TPSA) is 47.4 Å². The van der Waals surface area contributed by atoms with E-state index in [1.807, 2.05) is 0 Å². The Bertz CT molecular complexity index is 347. The number of nitrogens with zero attached hydrogens (tertiary/aromatic N) is 3. The molecule has 6 heteroatoms. The van der Waals surface area contributed by atoms with Crippen molar-refractivity contribution in [3.05, 3.63) is 16.9 Å². The van der Waals surface area contributed by atoms with Crippen LogP contribution < -0.4 is 0 Å². The molecule has 0 saturated carbocycles. The molecule has 0 aromatic carbocycles. The van der Waals surface area contributed by atoms with E-state index in [1.165, 1.54) is 0 Å². The van der Waals surface area contributed by atoms with Gasteiger partial charge in [0.15, 0.2) is 0 Å². The van der Waals surface area contributed by atoms with Crippen molar-refractivity contribution in [1.82, 2.24) is 14.7 Å². The van der Waals surface area contributed by atoms with Crippen LogP contribution in [0.1, 0.15) is 0 Å². The normalized spacial score (nSPS) is 16.7. The molecule has 5 nitrogen and oxygen atoms in total. The van der Waals surface area contributed by atoms with Crippen LogP contribution in [-0.4, -0.2) is 46.9 Å². The molecule has 1 aromatic rings. The molecule has 1 aliphatic heterocycles. The van der Waals surface area contributed by atoms with Crippen LogP contribution >= 0.6 is 15.9 Å². The maximum absolute atomic E-state index is 11.8. The second-order valence-electron chi connectivity index (χ2n) is 3.35. The number of hydrogen-bond acceptors (Lipinski definition) is 3. The Morgan fingerprint density at radius 3 is 2.87 bits per heavy atom. The molecule has 82 valence electrons. The first-order valence-corrected chi connectivity index (χ1v) is 5.58. The van der Waals surface area contributed by atoms with Crippen LogP contribution in [0.2, 0.25) is 0 Å². The van der Waals surface area contributed by atoms with Crippen LogP contribution in [0.4, 0.5) is 0 Å². The fourth-order valence-electron chi connectivity index (χ4n) is 1.48. The van der Waals surface area contributed by atoms with Crippen molar-refractivity contribution in [2.24, 2.45) is 0 Å². The first-order valence-electron chi connectivity index (χ1n) is 4.79. The van der Waals surface area contributed by atoms with Gasteiger partial charge in [-0.15, -0.1) is 0 Å². The van der Waals surface area contributed by atoms with E-state index in [4.69, 9.17) is 4.74 Å². The van der Waals surface area contributed by atoms with Gasteiger partial charge in [0.2, 0.25) is 5.91 Å². The lowest BCUT2D eigenvalue weighted by Gasteiger charge is -2.26. The Balaban J connectivity index is 1.91. The van der Waals surface area contributed by atoms with Crippen LogP contribution in [0.25, 0.3) is 0 Å². The molecule has 1 fully saturated rings. The summed E-state index contributed by atoms with van der Waals surface area (Å²) in [6.45, 7) is 2.93. The van der Waals surface area contributed by atoms with E-state index in [2.05, 4.69) is 21.0 Å². The van der Waals surface area contributed by atoms with E-state index in [0.29, 0.717) is 32.8 Å². The zero-order valence-corrected chi connectivity index (χ0v) is 9.81. The lowest BCUT2D eigenvalue weighted by molar-refractivity contribution is -0.136. The average molecular weight is 274 g/mol. The van der Waals surface area contributed by atoms with E-state index in [-0.39, 0.29) is 5.91 Å². The van der Waals surface area contributed by atoms with Crippen molar-refractivity contribution >= 4 is 21.8 Å². The minimum Gasteiger partial charge on any atom is -0.378 e. The van der Waals surface area contributed by atoms with Gasteiger partial charge in [-0.25, -0.2) is 0 Å². The molecular formula is C9H12BrN3O2. The summed E-state index contributed by atoms with van der Waals surface area (Å²) in [6, 6.07) is 0. The predicted molar refractivity (Wildman–Crippen MR) is 57.3 cm³/mol. The highest BCUT2D eigenvalue weighted by molar-refractivity contribution is 9.10. The molecular weight excluding hydrogens is 262 g/mol. The molecule has 0 unspecified atom stereocenters. The van der Waals surface area contributed by atoms with Crippen molar-refractivity contribution in [3.8, 4) is 0 Å². The summed E-state index contributed by atoms with van der Waals surface area (Å²) in [5.41, 5.74) is 0. The Hall–Kier alpha value is -0.880. The van der Waals surface area contributed by atoms with Crippen LogP contribution in [0.3, 0.4) is 0 Å². The zero-order chi connectivity index (χ0) is 10.7. The number of halogens is 1. The van der Waals surface area contributed by atoms with Gasteiger partial charge in [0, 0.05) is 19.3 Å². The standard InChI is InChI=1S/C9H12BrN3O2/c10-8-5-11-13(6-8)7-9(14)12-1-3-15-4-2-12/h5-6H,1-4,7H2. The monoisotopic (exact) mass is 273 g/mol. The number of carbonyl (C=O) groups is 1. The van der Waals surface area contributed by atoms with Crippen LogP contribution in [0, 0.1) is 0 Å². The van der Waals surface area contributed by atoms with Crippen molar-refractivity contribution in [2.45, 2.75) is 6.54 Å². The largest absolute Gasteiger partial charge is 0.378 e. The third-order valence-corrected chi connectivity index (χ3v) is 2.67. The molecule has 1 aromatic heterocycles. The summed E-state index contributed by atoms with van der Waals surface area (Å²) < 4.78 is 7.69. The first kappa shape index (κ1) is 10.6. The van der Waals surface area contributed by atoms with Gasteiger partial charge in [-0.2, -0.15) is 5.10 Å². The fraction of sp³-hybridized carbons (Fsp3) is 0.556. The maximum atomic E-state index is 11.8. The Kier molecular flexibility index (Phi) is 3.37. The van der Waals surface area contributed by atoms with Crippen molar-refractivity contribution in [2.75, 3.05) is 26.3 Å². The minimum absolute atomic E-state index is 0.0916. The molecule has 0 radical (unpaired) electrons. The van der Waals surface area contributed by atoms with Gasteiger partial charge in [-0.05, 0) is 15.9 Å². The van der Waals surface area contributed by atoms with Gasteiger partial charge in [0.25, 0.3) is 0 Å². The summed E-state index contributed by atoms with van der Waals surface area (Å²) in [4.78, 5) is 13.6. The third kappa shape index (κ3) is 2.79. The molecule has 0 bridgehead atoms. The summed E-state index contributed by atoms with van der Waals surface area (Å²) in [5, 5.41) is 4.04. The second kappa shape index (κ2) is 4.76. The van der Waals surface area contributed by atoms with E-state index in [0.717, 1.165) is 4.47 Å². The van der Waals surface area contributed by atoms with Gasteiger partial charge in [0.1, 0.15) is 6.54 Å². The molecule has 1 amide bonds. The zero-order valence-electron chi connectivity index (χ0n) is 8.23. The molecule has 1 aliphatic rings. The molecule has 0 N–H and O–H groups in total. The SMILES string of the molecule is O=C(Cn1cc(Br)cn1)N1CCOCC1. The second-order valence-corrected chi connectivity index (χ2v) is 4.26. The van der Waals surface area contributed by atoms with Gasteiger partial charge in [0.05, 0.1) is 23.9 Å². The number of amides is 1. The minimum atomic E-state index is 0.0916. The van der Waals surface area contributed by atoms with Gasteiger partial charge in [-0.1, -0.05) is 0 Å². The molecule has 15 heavy (non-hydrogen) atoms. The Morgan fingerprint density at radius 1 is 1.53 bits per heavy atom. The summed E-state index contributed by atoms with van der Waals surface area (Å²) in [5.74, 6) is 0.0916. The Morgan fingerprint density at radius 2 is 2.27 bits per heavy atom. The maximum Gasteiger partial charge on any atom is 0.244 e. The number of morpholine rings is 1. The fourth-order valence-corrected chi connectivity index (χ4v) is 1.80. The highest BCUT2D eigenvalue weighted by atomic mass is 79.9. The lowest BCUT2D eigenvalue weighted by atomic mass is 10.4. The average Bonchev–Trinajstić information content (AvgIpc) is 2.65. The van der Waals surface area contributed by atoms with Crippen LogP contribution in [-0.2, 0) is 16.1 Å². The molecule has 1 saturated heterocycles. The highest BCUT2D eigenvalue weighted by Crippen LogP contribution is 2.07. The van der Waals surface area contributed by atoms with E-state index in [1.54, 1.807) is 22.0 Å². The predicted octanol–water partition coefficient (Wildman–Crippen LogP) is 0.504. The molecule has 0 atom stereocenters. The van der Waals surface area contributed by atoms with E-state index < -0.39 is 0 Å². The van der Waals surface area contributed by atoms with E-state index in [9.17, 15) is 4.79 Å². The van der Waals surface area contributed by atoms with Gasteiger partial charge < -0.3 is 9.64 Å². The molecule has 2 rings (SSSR count). The number of rotatable bonds is 2. The number of aromatic nitrogens is 2. The lowest BCUT2D eigenvalue weighted by Crippen LogP contribution is -2.42. The smallest absolute Gasteiger partial charge is 0.244 e. The van der Waals surface area contributed by atoms with Crippen molar-refractivity contribution in [3.63, 3.8) is 0 Å².